The first-order valence-corrected chi connectivity index (χ1v) is 3.33. The molecule has 0 aromatic rings. The maximum Gasteiger partial charge on any atom is 0.0914 e. The molecule has 1 N–H and O–H groups in total. The summed E-state index contributed by atoms with van der Waals surface area (Å²) in [7, 11) is 0. The Kier molecular flexibility index (Phi) is 1.11. The lowest BCUT2D eigenvalue weighted by Crippen LogP contribution is -2.02. The van der Waals surface area contributed by atoms with E-state index < -0.39 is 6.10 Å². The first kappa shape index (κ1) is 5.69. The van der Waals surface area contributed by atoms with Crippen LogP contribution in [-0.4, -0.2) is 11.2 Å². The molecule has 0 saturated carbocycles. The summed E-state index contributed by atoms with van der Waals surface area (Å²) < 4.78 is 0. The minimum Gasteiger partial charge on any atom is -0.385 e. The van der Waals surface area contributed by atoms with Gasteiger partial charge in [0.1, 0.15) is 0 Å². The lowest BCUT2D eigenvalue weighted by molar-refractivity contribution is 0.270. The van der Waals surface area contributed by atoms with Crippen LogP contribution >= 0.6 is 0 Å². The molecule has 2 rings (SSSR count). The molecule has 1 heteroatoms. The van der Waals surface area contributed by atoms with Crippen LogP contribution in [-0.2, 0) is 0 Å². The number of rotatable bonds is 0. The Balaban J connectivity index is 2.41. The summed E-state index contributed by atoms with van der Waals surface area (Å²) in [5.41, 5.74) is 2.33. The van der Waals surface area contributed by atoms with Crippen molar-refractivity contribution in [1.82, 2.24) is 0 Å². The van der Waals surface area contributed by atoms with Gasteiger partial charge < -0.3 is 5.11 Å². The third-order valence-electron chi connectivity index (χ3n) is 1.71. The number of aliphatic hydroxyl groups excluding tert-OH is 1. The molecule has 0 saturated heterocycles. The lowest BCUT2D eigenvalue weighted by Gasteiger charge is -2.08. The van der Waals surface area contributed by atoms with Crippen LogP contribution in [0.1, 0.15) is 0 Å². The van der Waals surface area contributed by atoms with Crippen molar-refractivity contribution >= 4 is 0 Å². The van der Waals surface area contributed by atoms with Crippen LogP contribution in [0.4, 0.5) is 0 Å². The number of allylic oxidation sites excluding steroid dienone is 6. The second-order valence-electron chi connectivity index (χ2n) is 2.45. The normalized spacial score (nSPS) is 27.9. The van der Waals surface area contributed by atoms with Crippen molar-refractivity contribution in [3.8, 4) is 0 Å². The predicted molar refractivity (Wildman–Crippen MR) is 40.5 cm³/mol. The van der Waals surface area contributed by atoms with Gasteiger partial charge in [0.05, 0.1) is 6.10 Å². The fraction of sp³-hybridized carbons (Fsp3) is 0.111. The van der Waals surface area contributed by atoms with Crippen LogP contribution in [0.25, 0.3) is 0 Å². The summed E-state index contributed by atoms with van der Waals surface area (Å²) >= 11 is 0. The lowest BCUT2D eigenvalue weighted by atomic mass is 10.0. The second kappa shape index (κ2) is 1.96. The van der Waals surface area contributed by atoms with E-state index in [0.717, 1.165) is 5.57 Å². The van der Waals surface area contributed by atoms with E-state index in [1.807, 2.05) is 30.4 Å². The van der Waals surface area contributed by atoms with Gasteiger partial charge >= 0.3 is 0 Å². The van der Waals surface area contributed by atoms with Gasteiger partial charge in [-0.2, -0.15) is 0 Å². The third kappa shape index (κ3) is 0.755. The van der Waals surface area contributed by atoms with Gasteiger partial charge in [-0.1, -0.05) is 30.4 Å². The fourth-order valence-electron chi connectivity index (χ4n) is 1.19. The van der Waals surface area contributed by atoms with E-state index in [1.165, 1.54) is 5.57 Å². The summed E-state index contributed by atoms with van der Waals surface area (Å²) in [5, 5.41) is 9.13. The van der Waals surface area contributed by atoms with Crippen LogP contribution in [0, 0.1) is 0 Å². The zero-order valence-corrected chi connectivity index (χ0v) is 5.49. The van der Waals surface area contributed by atoms with Gasteiger partial charge in [0.25, 0.3) is 0 Å². The minimum atomic E-state index is -0.394. The van der Waals surface area contributed by atoms with Crippen molar-refractivity contribution in [1.29, 1.82) is 0 Å². The zero-order valence-electron chi connectivity index (χ0n) is 5.49. The maximum atomic E-state index is 9.13. The highest BCUT2D eigenvalue weighted by Crippen LogP contribution is 2.23. The maximum absolute atomic E-state index is 9.13. The van der Waals surface area contributed by atoms with Crippen LogP contribution in [0.2, 0.25) is 0 Å². The molecule has 0 heterocycles. The molecule has 0 fully saturated rings. The van der Waals surface area contributed by atoms with Crippen molar-refractivity contribution in [2.45, 2.75) is 6.10 Å². The van der Waals surface area contributed by atoms with Crippen molar-refractivity contribution in [2.24, 2.45) is 0 Å². The Morgan fingerprint density at radius 3 is 3.00 bits per heavy atom. The Hall–Kier alpha value is -1.08. The van der Waals surface area contributed by atoms with E-state index in [-0.39, 0.29) is 0 Å². The molecule has 10 heavy (non-hydrogen) atoms. The molecule has 1 nitrogen and oxygen atoms in total. The first-order chi connectivity index (χ1) is 4.86. The first-order valence-electron chi connectivity index (χ1n) is 3.33. The molecule has 0 amide bonds. The number of aliphatic hydroxyl groups is 1. The molecule has 0 aliphatic heterocycles. The van der Waals surface area contributed by atoms with Crippen LogP contribution < -0.4 is 0 Å². The van der Waals surface area contributed by atoms with E-state index in [1.54, 1.807) is 6.08 Å². The van der Waals surface area contributed by atoms with Crippen molar-refractivity contribution in [3.63, 3.8) is 0 Å². The Labute approximate surface area is 59.7 Å². The van der Waals surface area contributed by atoms with Gasteiger partial charge in [-0.3, -0.25) is 0 Å². The summed E-state index contributed by atoms with van der Waals surface area (Å²) in [6.45, 7) is 0. The topological polar surface area (TPSA) is 20.2 Å². The molecule has 50 valence electrons. The Morgan fingerprint density at radius 1 is 1.20 bits per heavy atom. The summed E-state index contributed by atoms with van der Waals surface area (Å²) in [6.07, 6.45) is 11.2. The molecule has 1 unspecified atom stereocenters. The van der Waals surface area contributed by atoms with Crippen LogP contribution in [0.15, 0.2) is 47.6 Å². The van der Waals surface area contributed by atoms with Crippen molar-refractivity contribution in [3.05, 3.63) is 47.6 Å². The van der Waals surface area contributed by atoms with Gasteiger partial charge in [-0.25, -0.2) is 0 Å². The van der Waals surface area contributed by atoms with E-state index in [4.69, 9.17) is 5.11 Å². The Bertz CT molecular complexity index is 266. The summed E-state index contributed by atoms with van der Waals surface area (Å²) in [6, 6.07) is 0. The van der Waals surface area contributed by atoms with E-state index >= 15 is 0 Å². The number of hydrogen-bond acceptors (Lipinski definition) is 1. The monoisotopic (exact) mass is 132 g/mol. The molecule has 0 radical (unpaired) electrons. The SMILES string of the molecule is OC1C=CC2=CC=CC2=C1. The van der Waals surface area contributed by atoms with Crippen LogP contribution in [0.5, 0.6) is 0 Å². The van der Waals surface area contributed by atoms with Gasteiger partial charge in [-0.15, -0.1) is 0 Å². The molecule has 0 aromatic heterocycles. The van der Waals surface area contributed by atoms with E-state index in [9.17, 15) is 0 Å². The van der Waals surface area contributed by atoms with Crippen molar-refractivity contribution < 1.29 is 5.11 Å². The molecule has 2 aliphatic rings. The molecule has 0 bridgehead atoms. The smallest absolute Gasteiger partial charge is 0.0914 e. The zero-order chi connectivity index (χ0) is 6.97. The highest BCUT2D eigenvalue weighted by Gasteiger charge is 2.09. The van der Waals surface area contributed by atoms with Gasteiger partial charge in [0, 0.05) is 0 Å². The fourth-order valence-corrected chi connectivity index (χ4v) is 1.19. The molecular weight excluding hydrogens is 124 g/mol. The average molecular weight is 132 g/mol. The third-order valence-corrected chi connectivity index (χ3v) is 1.71. The van der Waals surface area contributed by atoms with Gasteiger partial charge in [0.15, 0.2) is 0 Å². The molecule has 0 spiro atoms. The average Bonchev–Trinajstić information content (AvgIpc) is 2.33. The summed E-state index contributed by atoms with van der Waals surface area (Å²) in [4.78, 5) is 0. The molecule has 0 aromatic carbocycles. The highest BCUT2D eigenvalue weighted by molar-refractivity contribution is 5.56. The predicted octanol–water partition coefficient (Wildman–Crippen LogP) is 1.34. The molecular formula is C9H8O. The Morgan fingerprint density at radius 2 is 2.10 bits per heavy atom. The highest BCUT2D eigenvalue weighted by atomic mass is 16.3. The standard InChI is InChI=1S/C9H8O/c10-9-5-4-7-2-1-3-8(7)6-9/h1-6,9-10H. The largest absolute Gasteiger partial charge is 0.385 e. The quantitative estimate of drug-likeness (QED) is 0.527. The summed E-state index contributed by atoms with van der Waals surface area (Å²) in [5.74, 6) is 0. The minimum absolute atomic E-state index is 0.394. The van der Waals surface area contributed by atoms with Gasteiger partial charge in [0.2, 0.25) is 0 Å². The van der Waals surface area contributed by atoms with Crippen molar-refractivity contribution in [2.75, 3.05) is 0 Å². The second-order valence-corrected chi connectivity index (χ2v) is 2.45. The molecule has 1 atom stereocenters. The van der Waals surface area contributed by atoms with E-state index in [2.05, 4.69) is 0 Å². The van der Waals surface area contributed by atoms with Gasteiger partial charge in [-0.05, 0) is 17.2 Å². The van der Waals surface area contributed by atoms with E-state index in [0.29, 0.717) is 0 Å². The molecule has 2 aliphatic carbocycles. The van der Waals surface area contributed by atoms with Crippen LogP contribution in [0.3, 0.4) is 0 Å². The number of hydrogen-bond donors (Lipinski definition) is 1. The number of fused-ring (bicyclic) bond motifs is 1.